The molecule has 2 heterocycles. The number of furan rings is 1. The van der Waals surface area contributed by atoms with Gasteiger partial charge in [-0.3, -0.25) is 4.98 Å². The highest BCUT2D eigenvalue weighted by Gasteiger charge is 2.19. The minimum atomic E-state index is 0.540. The van der Waals surface area contributed by atoms with Crippen molar-refractivity contribution in [2.24, 2.45) is 0 Å². The van der Waals surface area contributed by atoms with Crippen LogP contribution in [0.5, 0.6) is 17.2 Å². The molecule has 0 atom stereocenters. The molecule has 0 unspecified atom stereocenters. The fourth-order valence-corrected chi connectivity index (χ4v) is 3.61. The van der Waals surface area contributed by atoms with E-state index >= 15 is 0 Å². The van der Waals surface area contributed by atoms with E-state index in [0.717, 1.165) is 33.5 Å². The van der Waals surface area contributed by atoms with Gasteiger partial charge >= 0.3 is 0 Å². The molecule has 2 aromatic heterocycles. The van der Waals surface area contributed by atoms with E-state index in [0.29, 0.717) is 23.0 Å². The summed E-state index contributed by atoms with van der Waals surface area (Å²) in [7, 11) is 8.83. The van der Waals surface area contributed by atoms with Crippen molar-refractivity contribution in [1.29, 1.82) is 0 Å². The zero-order valence-electron chi connectivity index (χ0n) is 17.7. The number of anilines is 1. The zero-order chi connectivity index (χ0) is 21.3. The lowest BCUT2D eigenvalue weighted by atomic mass is 10.0. The molecule has 0 aliphatic heterocycles. The molecule has 6 nitrogen and oxygen atoms in total. The van der Waals surface area contributed by atoms with Gasteiger partial charge in [0.2, 0.25) is 5.75 Å². The second-order valence-corrected chi connectivity index (χ2v) is 7.01. The van der Waals surface area contributed by atoms with Gasteiger partial charge in [0.25, 0.3) is 0 Å². The normalized spacial score (nSPS) is 10.8. The van der Waals surface area contributed by atoms with Crippen LogP contribution in [-0.4, -0.2) is 40.4 Å². The predicted octanol–water partition coefficient (Wildman–Crippen LogP) is 5.25. The molecule has 0 fully saturated rings. The third kappa shape index (κ3) is 3.30. The highest BCUT2D eigenvalue weighted by atomic mass is 16.5. The van der Waals surface area contributed by atoms with Crippen molar-refractivity contribution in [1.82, 2.24) is 4.98 Å². The largest absolute Gasteiger partial charge is 0.493 e. The fraction of sp³-hybridized carbons (Fsp3) is 0.208. The van der Waals surface area contributed by atoms with Crippen LogP contribution in [0.2, 0.25) is 0 Å². The lowest BCUT2D eigenvalue weighted by Gasteiger charge is -2.17. The van der Waals surface area contributed by atoms with Crippen LogP contribution in [-0.2, 0) is 0 Å². The summed E-state index contributed by atoms with van der Waals surface area (Å²) in [6, 6.07) is 15.9. The van der Waals surface area contributed by atoms with E-state index < -0.39 is 0 Å². The van der Waals surface area contributed by atoms with E-state index in [1.807, 2.05) is 50.5 Å². The average molecular weight is 404 g/mol. The first-order chi connectivity index (χ1) is 14.6. The van der Waals surface area contributed by atoms with Crippen molar-refractivity contribution in [3.05, 3.63) is 54.7 Å². The smallest absolute Gasteiger partial charge is 0.203 e. The van der Waals surface area contributed by atoms with E-state index in [-0.39, 0.29) is 0 Å². The summed E-state index contributed by atoms with van der Waals surface area (Å²) < 4.78 is 22.7. The van der Waals surface area contributed by atoms with Crippen LogP contribution in [0, 0.1) is 0 Å². The van der Waals surface area contributed by atoms with Gasteiger partial charge < -0.3 is 23.5 Å². The molecule has 0 saturated heterocycles. The maximum absolute atomic E-state index is 6.31. The molecule has 0 N–H and O–H groups in total. The minimum Gasteiger partial charge on any atom is -0.493 e. The van der Waals surface area contributed by atoms with Gasteiger partial charge in [-0.05, 0) is 24.3 Å². The molecule has 4 rings (SSSR count). The SMILES string of the molecule is COc1cc(-c2cc3nccc(-c4ccccc4N(C)C)c3o2)cc(OC)c1OC. The molecule has 0 spiro atoms. The number of fused-ring (bicyclic) bond motifs is 1. The Hall–Kier alpha value is -3.67. The Balaban J connectivity index is 1.90. The topological polar surface area (TPSA) is 57.0 Å². The van der Waals surface area contributed by atoms with Crippen LogP contribution in [0.25, 0.3) is 33.6 Å². The molecule has 2 aromatic carbocycles. The Morgan fingerprint density at radius 3 is 2.17 bits per heavy atom. The van der Waals surface area contributed by atoms with Crippen LogP contribution in [0.3, 0.4) is 0 Å². The van der Waals surface area contributed by atoms with E-state index in [9.17, 15) is 0 Å². The molecule has 154 valence electrons. The van der Waals surface area contributed by atoms with Gasteiger partial charge in [0.15, 0.2) is 17.1 Å². The number of benzene rings is 2. The van der Waals surface area contributed by atoms with Crippen molar-refractivity contribution < 1.29 is 18.6 Å². The van der Waals surface area contributed by atoms with Crippen LogP contribution < -0.4 is 19.1 Å². The highest BCUT2D eigenvalue weighted by molar-refractivity contribution is 5.96. The van der Waals surface area contributed by atoms with Gasteiger partial charge in [-0.2, -0.15) is 0 Å². The zero-order valence-corrected chi connectivity index (χ0v) is 17.7. The van der Waals surface area contributed by atoms with Gasteiger partial charge in [-0.15, -0.1) is 0 Å². The molecule has 30 heavy (non-hydrogen) atoms. The Morgan fingerprint density at radius 2 is 1.53 bits per heavy atom. The molecule has 6 heteroatoms. The number of methoxy groups -OCH3 is 3. The maximum atomic E-state index is 6.31. The monoisotopic (exact) mass is 404 g/mol. The van der Waals surface area contributed by atoms with Crippen molar-refractivity contribution >= 4 is 16.8 Å². The van der Waals surface area contributed by atoms with Crippen LogP contribution in [0.15, 0.2) is 59.1 Å². The van der Waals surface area contributed by atoms with Crippen molar-refractivity contribution in [3.63, 3.8) is 0 Å². The summed E-state index contributed by atoms with van der Waals surface area (Å²) in [6.45, 7) is 0. The summed E-state index contributed by atoms with van der Waals surface area (Å²) >= 11 is 0. The Bertz CT molecular complexity index is 1170. The molecule has 0 radical (unpaired) electrons. The number of nitrogens with zero attached hydrogens (tertiary/aromatic N) is 2. The van der Waals surface area contributed by atoms with Gasteiger partial charge in [-0.1, -0.05) is 18.2 Å². The number of para-hydroxylation sites is 1. The Morgan fingerprint density at radius 1 is 0.833 bits per heavy atom. The van der Waals surface area contributed by atoms with Crippen LogP contribution in [0.1, 0.15) is 0 Å². The molecular formula is C24H24N2O4. The molecule has 0 saturated carbocycles. The number of pyridine rings is 1. The third-order valence-electron chi connectivity index (χ3n) is 5.04. The highest BCUT2D eigenvalue weighted by Crippen LogP contribution is 2.43. The molecule has 0 bridgehead atoms. The Kier molecular flexibility index (Phi) is 5.23. The van der Waals surface area contributed by atoms with Gasteiger partial charge in [0.1, 0.15) is 11.3 Å². The summed E-state index contributed by atoms with van der Waals surface area (Å²) in [5.74, 6) is 2.35. The van der Waals surface area contributed by atoms with Gasteiger partial charge in [0.05, 0.1) is 21.3 Å². The third-order valence-corrected chi connectivity index (χ3v) is 5.04. The summed E-state index contributed by atoms with van der Waals surface area (Å²) in [5, 5.41) is 0. The van der Waals surface area contributed by atoms with Crippen LogP contribution in [0.4, 0.5) is 5.69 Å². The summed E-state index contributed by atoms with van der Waals surface area (Å²) in [4.78, 5) is 6.60. The standard InChI is InChI=1S/C24H24N2O4/c1-26(2)19-9-7-6-8-16(19)17-10-11-25-18-14-20(30-23(17)18)15-12-21(27-3)24(29-5)22(13-15)28-4/h6-14H,1-5H3. The van der Waals surface area contributed by atoms with Crippen molar-refractivity contribution in [2.45, 2.75) is 0 Å². The number of aromatic nitrogens is 1. The fourth-order valence-electron chi connectivity index (χ4n) is 3.61. The first-order valence-electron chi connectivity index (χ1n) is 9.53. The molecule has 0 aliphatic rings. The molecule has 0 amide bonds. The first kappa shape index (κ1) is 19.6. The number of ether oxygens (including phenoxy) is 3. The maximum Gasteiger partial charge on any atom is 0.203 e. The van der Waals surface area contributed by atoms with Gasteiger partial charge in [0, 0.05) is 48.7 Å². The number of hydrogen-bond acceptors (Lipinski definition) is 6. The number of rotatable bonds is 6. The van der Waals surface area contributed by atoms with E-state index in [4.69, 9.17) is 18.6 Å². The van der Waals surface area contributed by atoms with E-state index in [2.05, 4.69) is 22.0 Å². The van der Waals surface area contributed by atoms with E-state index in [1.165, 1.54) is 0 Å². The number of hydrogen-bond donors (Lipinski definition) is 0. The summed E-state index contributed by atoms with van der Waals surface area (Å²) in [6.07, 6.45) is 1.80. The van der Waals surface area contributed by atoms with Crippen molar-refractivity contribution in [3.8, 4) is 39.7 Å². The lowest BCUT2D eigenvalue weighted by Crippen LogP contribution is -2.09. The second kappa shape index (κ2) is 7.99. The lowest BCUT2D eigenvalue weighted by molar-refractivity contribution is 0.324. The predicted molar refractivity (Wildman–Crippen MR) is 119 cm³/mol. The van der Waals surface area contributed by atoms with Crippen LogP contribution >= 0.6 is 0 Å². The Labute approximate surface area is 175 Å². The van der Waals surface area contributed by atoms with Gasteiger partial charge in [-0.25, -0.2) is 0 Å². The quantitative estimate of drug-likeness (QED) is 0.437. The van der Waals surface area contributed by atoms with Crippen molar-refractivity contribution in [2.75, 3.05) is 40.3 Å². The van der Waals surface area contributed by atoms with E-state index in [1.54, 1.807) is 27.5 Å². The average Bonchev–Trinajstić information content (AvgIpc) is 3.22. The summed E-state index contributed by atoms with van der Waals surface area (Å²) in [5.41, 5.74) is 5.51. The second-order valence-electron chi connectivity index (χ2n) is 7.01. The first-order valence-corrected chi connectivity index (χ1v) is 9.53. The molecular weight excluding hydrogens is 380 g/mol. The molecule has 0 aliphatic carbocycles. The minimum absolute atomic E-state index is 0.540. The molecule has 4 aromatic rings.